The van der Waals surface area contributed by atoms with Gasteiger partial charge in [-0.3, -0.25) is 0 Å². The van der Waals surface area contributed by atoms with Crippen LogP contribution in [0.25, 0.3) is 0 Å². The summed E-state index contributed by atoms with van der Waals surface area (Å²) < 4.78 is 10.8. The zero-order chi connectivity index (χ0) is 7.82. The van der Waals surface area contributed by atoms with E-state index in [0.29, 0.717) is 0 Å². The van der Waals surface area contributed by atoms with Crippen LogP contribution in [0.5, 0.6) is 0 Å². The van der Waals surface area contributed by atoms with Gasteiger partial charge in [-0.05, 0) is 12.8 Å². The van der Waals surface area contributed by atoms with Gasteiger partial charge in [0.25, 0.3) is 0 Å². The molecule has 0 aromatic carbocycles. The van der Waals surface area contributed by atoms with Crippen molar-refractivity contribution in [3.8, 4) is 0 Å². The molecule has 0 bridgehead atoms. The van der Waals surface area contributed by atoms with Crippen molar-refractivity contribution in [1.82, 2.24) is 0 Å². The second-order valence-electron chi connectivity index (χ2n) is 2.20. The lowest BCUT2D eigenvalue weighted by Crippen LogP contribution is -1.77. The van der Waals surface area contributed by atoms with Gasteiger partial charge in [0.2, 0.25) is 0 Å². The average molecular weight is 197 g/mol. The lowest BCUT2D eigenvalue weighted by Gasteiger charge is -1.89. The maximum Gasteiger partial charge on any atom is 0.421 e. The Balaban J connectivity index is 2.96. The maximum atomic E-state index is 10.8. The summed E-state index contributed by atoms with van der Waals surface area (Å²) in [7, 11) is 0.122. The molecule has 1 atom stereocenters. The van der Waals surface area contributed by atoms with E-state index < -0.39 is 7.00 Å². The number of rotatable bonds is 6. The molecule has 0 aromatic heterocycles. The highest BCUT2D eigenvalue weighted by Gasteiger charge is 2.12. The lowest BCUT2D eigenvalue weighted by atomic mass is 10.2. The molecular formula is C6H14OPS2+. The third-order valence-corrected chi connectivity index (χ3v) is 4.88. The fourth-order valence-electron chi connectivity index (χ4n) is 0.709. The Bertz CT molecular complexity index is 97.7. The van der Waals surface area contributed by atoms with Crippen LogP contribution in [-0.2, 0) is 4.57 Å². The molecule has 0 saturated carbocycles. The molecule has 60 valence electrons. The Kier molecular flexibility index (Phi) is 8.53. The standard InChI is InChI=1S/C6H13OPS2/c1-2-3-4-5-6-8(7)10-9/h2-6H2,1H3/p+1. The summed E-state index contributed by atoms with van der Waals surface area (Å²) in [5.41, 5.74) is 0. The van der Waals surface area contributed by atoms with E-state index in [1.165, 1.54) is 29.7 Å². The van der Waals surface area contributed by atoms with Crippen molar-refractivity contribution in [2.24, 2.45) is 0 Å². The van der Waals surface area contributed by atoms with Crippen LogP contribution in [0.15, 0.2) is 0 Å². The quantitative estimate of drug-likeness (QED) is 0.301. The molecule has 0 aromatic rings. The van der Waals surface area contributed by atoms with Crippen molar-refractivity contribution >= 4 is 29.1 Å². The molecule has 0 spiro atoms. The molecule has 0 amide bonds. The van der Waals surface area contributed by atoms with Crippen LogP contribution in [0.2, 0.25) is 0 Å². The van der Waals surface area contributed by atoms with Crippen molar-refractivity contribution in [1.29, 1.82) is 0 Å². The molecule has 0 aliphatic heterocycles. The zero-order valence-corrected chi connectivity index (χ0v) is 8.85. The number of hydrogen-bond acceptors (Lipinski definition) is 3. The summed E-state index contributed by atoms with van der Waals surface area (Å²) in [4.78, 5) is 0. The summed E-state index contributed by atoms with van der Waals surface area (Å²) >= 11 is 3.87. The van der Waals surface area contributed by atoms with E-state index in [2.05, 4.69) is 18.6 Å². The predicted molar refractivity (Wildman–Crippen MR) is 53.2 cm³/mol. The van der Waals surface area contributed by atoms with Gasteiger partial charge < -0.3 is 0 Å². The Labute approximate surface area is 72.7 Å². The maximum absolute atomic E-state index is 10.8. The smallest absolute Gasteiger partial charge is 0.0654 e. The molecule has 0 N–H and O–H groups in total. The van der Waals surface area contributed by atoms with Crippen LogP contribution in [0.3, 0.4) is 0 Å². The Morgan fingerprint density at radius 3 is 2.60 bits per heavy atom. The third-order valence-electron chi connectivity index (χ3n) is 1.29. The molecule has 0 fully saturated rings. The van der Waals surface area contributed by atoms with Gasteiger partial charge in [0.05, 0.1) is 0 Å². The molecule has 4 heteroatoms. The average Bonchev–Trinajstić information content (AvgIpc) is 1.98. The van der Waals surface area contributed by atoms with Gasteiger partial charge in [-0.25, -0.2) is 0 Å². The highest BCUT2D eigenvalue weighted by Crippen LogP contribution is 2.41. The van der Waals surface area contributed by atoms with E-state index in [1.807, 2.05) is 0 Å². The Hall–Kier alpha value is 0.800. The van der Waals surface area contributed by atoms with Gasteiger partial charge in [0.1, 0.15) is 0 Å². The van der Waals surface area contributed by atoms with Crippen LogP contribution >= 0.6 is 29.1 Å². The number of unbranched alkanes of at least 4 members (excludes halogenated alkanes) is 3. The van der Waals surface area contributed by atoms with Crippen molar-refractivity contribution in [2.75, 3.05) is 6.16 Å². The van der Waals surface area contributed by atoms with Crippen LogP contribution in [0.4, 0.5) is 0 Å². The molecule has 0 heterocycles. The Morgan fingerprint density at radius 1 is 1.40 bits per heavy atom. The van der Waals surface area contributed by atoms with Gasteiger partial charge in [0.15, 0.2) is 16.6 Å². The highest BCUT2D eigenvalue weighted by molar-refractivity contribution is 8.91. The normalized spacial score (nSPS) is 11.6. The first-order valence-electron chi connectivity index (χ1n) is 3.57. The van der Waals surface area contributed by atoms with Crippen LogP contribution < -0.4 is 0 Å². The van der Waals surface area contributed by atoms with Gasteiger partial charge in [-0.2, -0.15) is 0 Å². The molecule has 0 radical (unpaired) electrons. The molecular weight excluding hydrogens is 183 g/mol. The molecule has 0 saturated heterocycles. The Morgan fingerprint density at radius 2 is 2.10 bits per heavy atom. The van der Waals surface area contributed by atoms with Crippen LogP contribution in [0.1, 0.15) is 32.6 Å². The summed E-state index contributed by atoms with van der Waals surface area (Å²) in [6, 6.07) is 0. The van der Waals surface area contributed by atoms with Crippen molar-refractivity contribution in [2.45, 2.75) is 32.6 Å². The van der Waals surface area contributed by atoms with E-state index in [4.69, 9.17) is 0 Å². The summed E-state index contributed by atoms with van der Waals surface area (Å²) in [5.74, 6) is 0. The second kappa shape index (κ2) is 7.90. The lowest BCUT2D eigenvalue weighted by molar-refractivity contribution is 0.592. The topological polar surface area (TPSA) is 17.1 Å². The first-order valence-corrected chi connectivity index (χ1v) is 7.49. The van der Waals surface area contributed by atoms with Crippen LogP contribution in [-0.4, -0.2) is 6.16 Å². The van der Waals surface area contributed by atoms with Gasteiger partial charge in [-0.15, -0.1) is 0 Å². The van der Waals surface area contributed by atoms with Gasteiger partial charge >= 0.3 is 7.00 Å². The highest BCUT2D eigenvalue weighted by atomic mass is 33.3. The van der Waals surface area contributed by atoms with Gasteiger partial charge in [0, 0.05) is 0 Å². The number of thiol groups is 1. The molecule has 0 rings (SSSR count). The van der Waals surface area contributed by atoms with Crippen LogP contribution in [0, 0.1) is 0 Å². The van der Waals surface area contributed by atoms with E-state index in [0.717, 1.165) is 12.6 Å². The zero-order valence-electron chi connectivity index (χ0n) is 6.25. The fourth-order valence-corrected chi connectivity index (χ4v) is 2.64. The molecule has 0 aliphatic carbocycles. The second-order valence-corrected chi connectivity index (χ2v) is 6.66. The fraction of sp³-hybridized carbons (Fsp3) is 1.00. The summed E-state index contributed by atoms with van der Waals surface area (Å²) in [6.07, 6.45) is 5.65. The summed E-state index contributed by atoms with van der Waals surface area (Å²) in [6.45, 7) is 2.17. The molecule has 1 unspecified atom stereocenters. The van der Waals surface area contributed by atoms with E-state index in [-0.39, 0.29) is 0 Å². The summed E-state index contributed by atoms with van der Waals surface area (Å²) in [5, 5.41) is 0. The first-order chi connectivity index (χ1) is 4.81. The predicted octanol–water partition coefficient (Wildman–Crippen LogP) is 3.89. The third kappa shape index (κ3) is 6.91. The minimum atomic E-state index is -1.06. The first kappa shape index (κ1) is 10.8. The van der Waals surface area contributed by atoms with Crippen molar-refractivity contribution in [3.63, 3.8) is 0 Å². The molecule has 10 heavy (non-hydrogen) atoms. The van der Waals surface area contributed by atoms with Crippen molar-refractivity contribution in [3.05, 3.63) is 0 Å². The van der Waals surface area contributed by atoms with Crippen molar-refractivity contribution < 1.29 is 4.57 Å². The minimum Gasteiger partial charge on any atom is -0.0654 e. The molecule has 1 nitrogen and oxygen atoms in total. The monoisotopic (exact) mass is 197 g/mol. The van der Waals surface area contributed by atoms with E-state index in [9.17, 15) is 4.57 Å². The SMILES string of the molecule is CCCCCC[P+](=O)SS. The minimum absolute atomic E-state index is 0.837. The number of hydrogen-bond donors (Lipinski definition) is 1. The molecule has 0 aliphatic rings. The van der Waals surface area contributed by atoms with E-state index in [1.54, 1.807) is 0 Å². The van der Waals surface area contributed by atoms with E-state index >= 15 is 0 Å². The largest absolute Gasteiger partial charge is 0.421 e. The van der Waals surface area contributed by atoms with Gasteiger partial charge in [-0.1, -0.05) is 36.0 Å².